The molecular weight excluding hydrogens is 196 g/mol. The molecule has 0 fully saturated rings. The third-order valence-electron chi connectivity index (χ3n) is 1.87. The smallest absolute Gasteiger partial charge is 0.191 e. The van der Waals surface area contributed by atoms with E-state index in [0.29, 0.717) is 0 Å². The second-order valence-corrected chi connectivity index (χ2v) is 4.17. The standard InChI is InChI=1S/C9H12N4S/c1-2-3-8-11-9(13-12-8)6-4-5-7(10)14-6/h4-5H,2-3,10H2,1H3,(H,11,12,13). The zero-order valence-electron chi connectivity index (χ0n) is 7.95. The average molecular weight is 208 g/mol. The summed E-state index contributed by atoms with van der Waals surface area (Å²) in [6, 6.07) is 3.81. The SMILES string of the molecule is CCCc1nc(-c2ccc(N)s2)n[nH]1. The quantitative estimate of drug-likeness (QED) is 0.811. The number of nitrogens with one attached hydrogen (secondary N) is 1. The molecule has 0 atom stereocenters. The van der Waals surface area contributed by atoms with Crippen molar-refractivity contribution in [1.29, 1.82) is 0 Å². The first-order valence-electron chi connectivity index (χ1n) is 4.56. The van der Waals surface area contributed by atoms with Crippen LogP contribution in [0.5, 0.6) is 0 Å². The maximum absolute atomic E-state index is 5.63. The van der Waals surface area contributed by atoms with Gasteiger partial charge in [-0.05, 0) is 18.6 Å². The molecule has 0 aliphatic heterocycles. The van der Waals surface area contributed by atoms with Crippen LogP contribution in [-0.4, -0.2) is 15.2 Å². The van der Waals surface area contributed by atoms with Gasteiger partial charge in [0.15, 0.2) is 5.82 Å². The molecule has 74 valence electrons. The number of nitrogens with zero attached hydrogens (tertiary/aromatic N) is 2. The lowest BCUT2D eigenvalue weighted by atomic mass is 10.3. The summed E-state index contributed by atoms with van der Waals surface area (Å²) >= 11 is 1.51. The summed E-state index contributed by atoms with van der Waals surface area (Å²) in [6.45, 7) is 2.12. The third-order valence-corrected chi connectivity index (χ3v) is 2.78. The number of nitrogens with two attached hydrogens (primary N) is 1. The van der Waals surface area contributed by atoms with E-state index in [-0.39, 0.29) is 0 Å². The molecule has 4 nitrogen and oxygen atoms in total. The van der Waals surface area contributed by atoms with Crippen LogP contribution in [0.15, 0.2) is 12.1 Å². The number of thiophene rings is 1. The number of nitrogen functional groups attached to an aromatic ring is 1. The fourth-order valence-electron chi connectivity index (χ4n) is 1.23. The average Bonchev–Trinajstić information content (AvgIpc) is 2.74. The van der Waals surface area contributed by atoms with Gasteiger partial charge >= 0.3 is 0 Å². The fourth-order valence-corrected chi connectivity index (χ4v) is 1.94. The van der Waals surface area contributed by atoms with E-state index in [1.54, 1.807) is 0 Å². The van der Waals surface area contributed by atoms with Gasteiger partial charge in [0.05, 0.1) is 9.88 Å². The number of aromatic nitrogens is 3. The Kier molecular flexibility index (Phi) is 2.49. The Bertz CT molecular complexity index is 418. The molecular formula is C9H12N4S. The van der Waals surface area contributed by atoms with Gasteiger partial charge in [-0.2, -0.15) is 5.10 Å². The van der Waals surface area contributed by atoms with Gasteiger partial charge in [-0.25, -0.2) is 4.98 Å². The Labute approximate surface area is 86.2 Å². The van der Waals surface area contributed by atoms with Crippen molar-refractivity contribution in [2.75, 3.05) is 5.73 Å². The molecule has 2 aromatic heterocycles. The van der Waals surface area contributed by atoms with Crippen molar-refractivity contribution in [2.45, 2.75) is 19.8 Å². The van der Waals surface area contributed by atoms with E-state index in [0.717, 1.165) is 34.4 Å². The summed E-state index contributed by atoms with van der Waals surface area (Å²) in [5.74, 6) is 1.68. The predicted octanol–water partition coefficient (Wildman–Crippen LogP) is 2.07. The maximum Gasteiger partial charge on any atom is 0.191 e. The molecule has 2 rings (SSSR count). The van der Waals surface area contributed by atoms with Crippen molar-refractivity contribution in [1.82, 2.24) is 15.2 Å². The summed E-state index contributed by atoms with van der Waals surface area (Å²) < 4.78 is 0. The second-order valence-electron chi connectivity index (χ2n) is 3.06. The zero-order chi connectivity index (χ0) is 9.97. The van der Waals surface area contributed by atoms with Gasteiger partial charge in [0.1, 0.15) is 5.82 Å². The Balaban J connectivity index is 2.24. The van der Waals surface area contributed by atoms with E-state index in [9.17, 15) is 0 Å². The Morgan fingerprint density at radius 2 is 2.36 bits per heavy atom. The number of anilines is 1. The molecule has 2 aromatic rings. The molecule has 14 heavy (non-hydrogen) atoms. The molecule has 0 aliphatic rings. The molecule has 0 spiro atoms. The normalized spacial score (nSPS) is 10.6. The van der Waals surface area contributed by atoms with E-state index in [4.69, 9.17) is 5.73 Å². The van der Waals surface area contributed by atoms with Gasteiger partial charge in [-0.1, -0.05) is 6.92 Å². The third kappa shape index (κ3) is 1.77. The van der Waals surface area contributed by atoms with Crippen molar-refractivity contribution in [3.63, 3.8) is 0 Å². The Morgan fingerprint density at radius 1 is 1.50 bits per heavy atom. The van der Waals surface area contributed by atoms with Gasteiger partial charge in [0.25, 0.3) is 0 Å². The van der Waals surface area contributed by atoms with Crippen molar-refractivity contribution < 1.29 is 0 Å². The first-order chi connectivity index (χ1) is 6.79. The number of H-pyrrole nitrogens is 1. The van der Waals surface area contributed by atoms with E-state index in [1.165, 1.54) is 11.3 Å². The van der Waals surface area contributed by atoms with Crippen LogP contribution in [-0.2, 0) is 6.42 Å². The summed E-state index contributed by atoms with van der Waals surface area (Å²) in [4.78, 5) is 5.39. The maximum atomic E-state index is 5.63. The lowest BCUT2D eigenvalue weighted by molar-refractivity contribution is 0.841. The predicted molar refractivity (Wildman–Crippen MR) is 58.1 cm³/mol. The minimum atomic E-state index is 0.746. The Morgan fingerprint density at radius 3 is 3.00 bits per heavy atom. The molecule has 0 amide bonds. The number of rotatable bonds is 3. The minimum absolute atomic E-state index is 0.746. The molecule has 0 saturated carbocycles. The van der Waals surface area contributed by atoms with Gasteiger partial charge in [0.2, 0.25) is 0 Å². The van der Waals surface area contributed by atoms with Crippen LogP contribution in [0.2, 0.25) is 0 Å². The van der Waals surface area contributed by atoms with Crippen LogP contribution in [0.25, 0.3) is 10.7 Å². The molecule has 5 heteroatoms. The van der Waals surface area contributed by atoms with Gasteiger partial charge in [0, 0.05) is 6.42 Å². The number of aryl methyl sites for hydroxylation is 1. The van der Waals surface area contributed by atoms with E-state index in [1.807, 2.05) is 12.1 Å². The van der Waals surface area contributed by atoms with Gasteiger partial charge < -0.3 is 5.73 Å². The van der Waals surface area contributed by atoms with Gasteiger partial charge in [-0.15, -0.1) is 11.3 Å². The molecule has 0 bridgehead atoms. The summed E-state index contributed by atoms with van der Waals surface area (Å²) in [6.07, 6.45) is 2.01. The first kappa shape index (κ1) is 9.21. The van der Waals surface area contributed by atoms with Crippen molar-refractivity contribution >= 4 is 16.3 Å². The summed E-state index contributed by atoms with van der Waals surface area (Å²) in [5.41, 5.74) is 5.63. The number of hydrogen-bond donors (Lipinski definition) is 2. The van der Waals surface area contributed by atoms with E-state index >= 15 is 0 Å². The van der Waals surface area contributed by atoms with E-state index < -0.39 is 0 Å². The molecule has 0 unspecified atom stereocenters. The topological polar surface area (TPSA) is 67.6 Å². The van der Waals surface area contributed by atoms with Crippen LogP contribution in [0.4, 0.5) is 5.00 Å². The highest BCUT2D eigenvalue weighted by Gasteiger charge is 2.06. The molecule has 2 heterocycles. The highest BCUT2D eigenvalue weighted by molar-refractivity contribution is 7.19. The fraction of sp³-hybridized carbons (Fsp3) is 0.333. The second kappa shape index (κ2) is 3.79. The Hall–Kier alpha value is -1.36. The number of hydrogen-bond acceptors (Lipinski definition) is 4. The molecule has 0 radical (unpaired) electrons. The van der Waals surface area contributed by atoms with Crippen LogP contribution >= 0.6 is 11.3 Å². The summed E-state index contributed by atoms with van der Waals surface area (Å²) in [7, 11) is 0. The lowest BCUT2D eigenvalue weighted by Crippen LogP contribution is -1.84. The minimum Gasteiger partial charge on any atom is -0.391 e. The first-order valence-corrected chi connectivity index (χ1v) is 5.38. The molecule has 3 N–H and O–H groups in total. The molecule has 0 aromatic carbocycles. The largest absolute Gasteiger partial charge is 0.391 e. The number of aromatic amines is 1. The molecule has 0 aliphatic carbocycles. The zero-order valence-corrected chi connectivity index (χ0v) is 8.77. The van der Waals surface area contributed by atoms with Crippen molar-refractivity contribution in [3.8, 4) is 10.7 Å². The van der Waals surface area contributed by atoms with Crippen LogP contribution < -0.4 is 5.73 Å². The van der Waals surface area contributed by atoms with Crippen LogP contribution in [0.1, 0.15) is 19.2 Å². The van der Waals surface area contributed by atoms with Gasteiger partial charge in [-0.3, -0.25) is 5.10 Å². The highest BCUT2D eigenvalue weighted by atomic mass is 32.1. The lowest BCUT2D eigenvalue weighted by Gasteiger charge is -1.87. The monoisotopic (exact) mass is 208 g/mol. The summed E-state index contributed by atoms with van der Waals surface area (Å²) in [5, 5.41) is 7.85. The highest BCUT2D eigenvalue weighted by Crippen LogP contribution is 2.26. The van der Waals surface area contributed by atoms with E-state index in [2.05, 4.69) is 22.1 Å². The van der Waals surface area contributed by atoms with Crippen LogP contribution in [0, 0.1) is 0 Å². The van der Waals surface area contributed by atoms with Crippen molar-refractivity contribution in [2.24, 2.45) is 0 Å². The van der Waals surface area contributed by atoms with Crippen LogP contribution in [0.3, 0.4) is 0 Å². The van der Waals surface area contributed by atoms with Crippen molar-refractivity contribution in [3.05, 3.63) is 18.0 Å². The molecule has 0 saturated heterocycles.